The molecule has 1 aromatic carbocycles. The molecule has 0 aromatic heterocycles. The van der Waals surface area contributed by atoms with Crippen LogP contribution in [-0.4, -0.2) is 6.54 Å². The van der Waals surface area contributed by atoms with Gasteiger partial charge in [-0.1, -0.05) is 57.0 Å². The van der Waals surface area contributed by atoms with Crippen LogP contribution < -0.4 is 5.73 Å². The minimum atomic E-state index is 0.546. The van der Waals surface area contributed by atoms with Gasteiger partial charge in [-0.15, -0.1) is 0 Å². The molecule has 1 nitrogen and oxygen atoms in total. The zero-order valence-corrected chi connectivity index (χ0v) is 9.95. The molecule has 84 valence electrons. The molecule has 1 atom stereocenters. The number of benzene rings is 1. The molecule has 15 heavy (non-hydrogen) atoms. The van der Waals surface area contributed by atoms with Gasteiger partial charge < -0.3 is 5.73 Å². The van der Waals surface area contributed by atoms with Crippen LogP contribution in [-0.2, 0) is 0 Å². The molecule has 2 N–H and O–H groups in total. The van der Waals surface area contributed by atoms with Crippen LogP contribution in [0, 0.1) is 5.92 Å². The molecule has 0 aliphatic rings. The van der Waals surface area contributed by atoms with Gasteiger partial charge >= 0.3 is 0 Å². The highest BCUT2D eigenvalue weighted by Crippen LogP contribution is 2.21. The number of hydrogen-bond donors (Lipinski definition) is 1. The number of rotatable bonds is 6. The molecule has 1 aromatic rings. The molecule has 1 rings (SSSR count). The molecule has 0 saturated heterocycles. The van der Waals surface area contributed by atoms with E-state index in [0.717, 1.165) is 12.5 Å². The minimum Gasteiger partial charge on any atom is -0.330 e. The van der Waals surface area contributed by atoms with Crippen LogP contribution >= 0.6 is 0 Å². The predicted octanol–water partition coefficient (Wildman–Crippen LogP) is 3.56. The summed E-state index contributed by atoms with van der Waals surface area (Å²) in [5, 5.41) is 0. The van der Waals surface area contributed by atoms with Crippen molar-refractivity contribution < 1.29 is 0 Å². The Morgan fingerprint density at radius 1 is 1.07 bits per heavy atom. The Morgan fingerprint density at radius 2 is 1.73 bits per heavy atom. The van der Waals surface area contributed by atoms with E-state index in [0.29, 0.717) is 5.92 Å². The van der Waals surface area contributed by atoms with Crippen LogP contribution in [0.1, 0.15) is 44.6 Å². The van der Waals surface area contributed by atoms with E-state index >= 15 is 0 Å². The Morgan fingerprint density at radius 3 is 2.27 bits per heavy atom. The first-order valence-corrected chi connectivity index (χ1v) is 5.99. The molecule has 0 saturated carbocycles. The van der Waals surface area contributed by atoms with E-state index in [1.54, 1.807) is 0 Å². The van der Waals surface area contributed by atoms with Gasteiger partial charge in [0.25, 0.3) is 0 Å². The summed E-state index contributed by atoms with van der Waals surface area (Å²) < 4.78 is 0. The number of hydrogen-bond acceptors (Lipinski definition) is 1. The fourth-order valence-corrected chi connectivity index (χ4v) is 1.92. The molecular weight excluding hydrogens is 182 g/mol. The van der Waals surface area contributed by atoms with Crippen molar-refractivity contribution in [2.45, 2.75) is 39.0 Å². The summed E-state index contributed by atoms with van der Waals surface area (Å²) in [6.45, 7) is 5.32. The van der Waals surface area contributed by atoms with Crippen molar-refractivity contribution in [1.29, 1.82) is 0 Å². The minimum absolute atomic E-state index is 0.546. The second-order valence-electron chi connectivity index (χ2n) is 4.67. The highest BCUT2D eigenvalue weighted by atomic mass is 14.5. The summed E-state index contributed by atoms with van der Waals surface area (Å²) in [6, 6.07) is 10.6. The van der Waals surface area contributed by atoms with Gasteiger partial charge in [0.2, 0.25) is 0 Å². The van der Waals surface area contributed by atoms with E-state index in [4.69, 9.17) is 5.73 Å². The Bertz CT molecular complexity index is 253. The van der Waals surface area contributed by atoms with Gasteiger partial charge in [0.15, 0.2) is 0 Å². The highest BCUT2D eigenvalue weighted by Gasteiger charge is 2.08. The van der Waals surface area contributed by atoms with Crippen LogP contribution in [0.25, 0.3) is 0 Å². The van der Waals surface area contributed by atoms with Crippen molar-refractivity contribution in [3.63, 3.8) is 0 Å². The van der Waals surface area contributed by atoms with Gasteiger partial charge in [-0.05, 0) is 30.4 Å². The standard InChI is InChI=1S/C14H23N/c1-12(2)7-6-10-14(11-15)13-8-4-3-5-9-13/h3-5,8-9,12,14H,6-7,10-11,15H2,1-2H3. The first-order chi connectivity index (χ1) is 7.24. The fourth-order valence-electron chi connectivity index (χ4n) is 1.92. The third kappa shape index (κ3) is 4.48. The first-order valence-electron chi connectivity index (χ1n) is 5.99. The van der Waals surface area contributed by atoms with E-state index in [2.05, 4.69) is 44.2 Å². The largest absolute Gasteiger partial charge is 0.330 e. The lowest BCUT2D eigenvalue weighted by Gasteiger charge is -2.15. The molecule has 0 fully saturated rings. The summed E-state index contributed by atoms with van der Waals surface area (Å²) >= 11 is 0. The molecule has 0 spiro atoms. The smallest absolute Gasteiger partial charge is 0.000824 e. The van der Waals surface area contributed by atoms with E-state index in [1.807, 2.05) is 0 Å². The van der Waals surface area contributed by atoms with Crippen LogP contribution in [0.2, 0.25) is 0 Å². The van der Waals surface area contributed by atoms with Crippen molar-refractivity contribution >= 4 is 0 Å². The first kappa shape index (κ1) is 12.3. The normalized spacial score (nSPS) is 13.1. The maximum absolute atomic E-state index is 5.82. The zero-order chi connectivity index (χ0) is 11.1. The van der Waals surface area contributed by atoms with E-state index in [1.165, 1.54) is 24.8 Å². The average molecular weight is 205 g/mol. The van der Waals surface area contributed by atoms with Gasteiger partial charge in [0, 0.05) is 0 Å². The summed E-state index contributed by atoms with van der Waals surface area (Å²) in [6.07, 6.45) is 3.82. The Hall–Kier alpha value is -0.820. The maximum atomic E-state index is 5.82. The molecule has 0 radical (unpaired) electrons. The summed E-state index contributed by atoms with van der Waals surface area (Å²) in [5.74, 6) is 1.35. The van der Waals surface area contributed by atoms with Crippen molar-refractivity contribution in [3.8, 4) is 0 Å². The lowest BCUT2D eigenvalue weighted by Crippen LogP contribution is -2.12. The van der Waals surface area contributed by atoms with Crippen LogP contribution in [0.15, 0.2) is 30.3 Å². The van der Waals surface area contributed by atoms with E-state index in [9.17, 15) is 0 Å². The van der Waals surface area contributed by atoms with Crippen LogP contribution in [0.4, 0.5) is 0 Å². The monoisotopic (exact) mass is 205 g/mol. The summed E-state index contributed by atoms with van der Waals surface area (Å²) in [7, 11) is 0. The van der Waals surface area contributed by atoms with Crippen molar-refractivity contribution in [3.05, 3.63) is 35.9 Å². The third-order valence-corrected chi connectivity index (χ3v) is 2.89. The van der Waals surface area contributed by atoms with Crippen molar-refractivity contribution in [2.75, 3.05) is 6.54 Å². The zero-order valence-electron chi connectivity index (χ0n) is 9.95. The predicted molar refractivity (Wildman–Crippen MR) is 66.9 cm³/mol. The van der Waals surface area contributed by atoms with Crippen molar-refractivity contribution in [2.24, 2.45) is 11.7 Å². The third-order valence-electron chi connectivity index (χ3n) is 2.89. The number of nitrogens with two attached hydrogens (primary N) is 1. The van der Waals surface area contributed by atoms with Crippen LogP contribution in [0.5, 0.6) is 0 Å². The molecule has 0 amide bonds. The Labute approximate surface area is 93.7 Å². The molecule has 0 aliphatic heterocycles. The van der Waals surface area contributed by atoms with E-state index in [-0.39, 0.29) is 0 Å². The van der Waals surface area contributed by atoms with Gasteiger partial charge in [-0.2, -0.15) is 0 Å². The topological polar surface area (TPSA) is 26.0 Å². The molecule has 1 unspecified atom stereocenters. The second-order valence-corrected chi connectivity index (χ2v) is 4.67. The summed E-state index contributed by atoms with van der Waals surface area (Å²) in [4.78, 5) is 0. The maximum Gasteiger partial charge on any atom is -0.000824 e. The van der Waals surface area contributed by atoms with Crippen LogP contribution in [0.3, 0.4) is 0 Å². The lowest BCUT2D eigenvalue weighted by atomic mass is 9.92. The average Bonchev–Trinajstić information content (AvgIpc) is 2.25. The molecule has 0 heterocycles. The molecule has 1 heteroatoms. The molecule has 0 aliphatic carbocycles. The molecule has 0 bridgehead atoms. The second kappa shape index (κ2) is 6.62. The SMILES string of the molecule is CC(C)CCCC(CN)c1ccccc1. The highest BCUT2D eigenvalue weighted by molar-refractivity contribution is 5.19. The Balaban J connectivity index is 2.43. The van der Waals surface area contributed by atoms with E-state index < -0.39 is 0 Å². The Kier molecular flexibility index (Phi) is 5.41. The van der Waals surface area contributed by atoms with Crippen molar-refractivity contribution in [1.82, 2.24) is 0 Å². The molecular formula is C14H23N. The van der Waals surface area contributed by atoms with Gasteiger partial charge in [-0.3, -0.25) is 0 Å². The lowest BCUT2D eigenvalue weighted by molar-refractivity contribution is 0.502. The van der Waals surface area contributed by atoms with Gasteiger partial charge in [0.05, 0.1) is 0 Å². The quantitative estimate of drug-likeness (QED) is 0.755. The van der Waals surface area contributed by atoms with Gasteiger partial charge in [0.1, 0.15) is 0 Å². The van der Waals surface area contributed by atoms with Gasteiger partial charge in [-0.25, -0.2) is 0 Å². The summed E-state index contributed by atoms with van der Waals surface area (Å²) in [5.41, 5.74) is 7.21. The fraction of sp³-hybridized carbons (Fsp3) is 0.571.